The van der Waals surface area contributed by atoms with Crippen LogP contribution in [0.3, 0.4) is 0 Å². The second-order valence-corrected chi connectivity index (χ2v) is 7.89. The molecule has 2 amide bonds. The molecule has 5 rings (SSSR count). The van der Waals surface area contributed by atoms with Gasteiger partial charge in [-0.25, -0.2) is 0 Å². The van der Waals surface area contributed by atoms with Crippen molar-refractivity contribution in [1.29, 1.82) is 0 Å². The van der Waals surface area contributed by atoms with Crippen LogP contribution < -0.4 is 5.32 Å². The molecule has 0 spiro atoms. The first-order chi connectivity index (χ1) is 15.7. The number of hydrogen-bond acceptors (Lipinski definition) is 2. The van der Waals surface area contributed by atoms with Gasteiger partial charge in [0.25, 0.3) is 5.91 Å². The molecule has 1 aliphatic heterocycles. The molecule has 1 aliphatic rings. The first kappa shape index (κ1) is 19.8. The zero-order valence-electron chi connectivity index (χ0n) is 17.5. The van der Waals surface area contributed by atoms with E-state index < -0.39 is 6.04 Å². The van der Waals surface area contributed by atoms with Crippen molar-refractivity contribution < 1.29 is 9.59 Å². The average Bonchev–Trinajstić information content (AvgIpc) is 3.46. The van der Waals surface area contributed by atoms with E-state index in [2.05, 4.69) is 11.4 Å². The summed E-state index contributed by atoms with van der Waals surface area (Å²) >= 11 is 0. The summed E-state index contributed by atoms with van der Waals surface area (Å²) in [5, 5.41) is 3.01. The fourth-order valence-electron chi connectivity index (χ4n) is 4.22. The number of rotatable bonds is 6. The molecule has 0 bridgehead atoms. The highest BCUT2D eigenvalue weighted by Crippen LogP contribution is 2.35. The maximum Gasteiger partial charge on any atom is 0.255 e. The Kier molecular flexibility index (Phi) is 5.30. The highest BCUT2D eigenvalue weighted by molar-refractivity contribution is 6.04. The maximum absolute atomic E-state index is 13.3. The normalized spacial score (nSPS) is 14.9. The molecule has 1 unspecified atom stereocenters. The van der Waals surface area contributed by atoms with Crippen LogP contribution in [0.25, 0.3) is 5.69 Å². The summed E-state index contributed by atoms with van der Waals surface area (Å²) in [5.41, 5.74) is 4.35. The van der Waals surface area contributed by atoms with E-state index in [0.717, 1.165) is 22.4 Å². The molecule has 0 radical (unpaired) electrons. The van der Waals surface area contributed by atoms with Gasteiger partial charge in [0.2, 0.25) is 5.91 Å². The van der Waals surface area contributed by atoms with Gasteiger partial charge in [0, 0.05) is 36.7 Å². The van der Waals surface area contributed by atoms with E-state index in [1.54, 1.807) is 11.0 Å². The van der Waals surface area contributed by atoms with E-state index >= 15 is 0 Å². The highest BCUT2D eigenvalue weighted by atomic mass is 16.2. The number of carbonyl (C=O) groups excluding carboxylic acids is 2. The molecule has 0 saturated carbocycles. The van der Waals surface area contributed by atoms with Gasteiger partial charge in [0.05, 0.1) is 0 Å². The molecule has 4 aromatic rings. The van der Waals surface area contributed by atoms with E-state index in [9.17, 15) is 9.59 Å². The standard InChI is InChI=1S/C27H23N3O2/c31-26(28-18-20-9-2-1-3-10-20)25-23-13-4-5-14-24(23)27(32)30(25)19-21-11-8-12-22(17-21)29-15-6-7-16-29/h1-17,25H,18-19H2,(H,28,31). The largest absolute Gasteiger partial charge is 0.350 e. The molecule has 0 aliphatic carbocycles. The first-order valence-electron chi connectivity index (χ1n) is 10.6. The van der Waals surface area contributed by atoms with Crippen molar-refractivity contribution in [3.63, 3.8) is 0 Å². The van der Waals surface area contributed by atoms with Gasteiger partial charge in [-0.15, -0.1) is 0 Å². The fraction of sp³-hybridized carbons (Fsp3) is 0.111. The fourth-order valence-corrected chi connectivity index (χ4v) is 4.22. The third-order valence-electron chi connectivity index (χ3n) is 5.78. The zero-order chi connectivity index (χ0) is 21.9. The Morgan fingerprint density at radius 1 is 0.812 bits per heavy atom. The summed E-state index contributed by atoms with van der Waals surface area (Å²) < 4.78 is 2.02. The van der Waals surface area contributed by atoms with Crippen LogP contribution in [0.5, 0.6) is 0 Å². The lowest BCUT2D eigenvalue weighted by molar-refractivity contribution is -0.125. The molecule has 1 atom stereocenters. The van der Waals surface area contributed by atoms with Gasteiger partial charge >= 0.3 is 0 Å². The van der Waals surface area contributed by atoms with Crippen LogP contribution in [0.2, 0.25) is 0 Å². The number of aromatic nitrogens is 1. The van der Waals surface area contributed by atoms with Crippen molar-refractivity contribution in [1.82, 2.24) is 14.8 Å². The summed E-state index contributed by atoms with van der Waals surface area (Å²) in [5.74, 6) is -0.291. The Labute approximate surface area is 186 Å². The van der Waals surface area contributed by atoms with E-state index in [0.29, 0.717) is 18.7 Å². The number of hydrogen-bond donors (Lipinski definition) is 1. The van der Waals surface area contributed by atoms with Gasteiger partial charge in [0.1, 0.15) is 6.04 Å². The predicted molar refractivity (Wildman–Crippen MR) is 123 cm³/mol. The molecule has 32 heavy (non-hydrogen) atoms. The maximum atomic E-state index is 13.3. The smallest absolute Gasteiger partial charge is 0.255 e. The van der Waals surface area contributed by atoms with E-state index in [4.69, 9.17) is 0 Å². The van der Waals surface area contributed by atoms with Crippen molar-refractivity contribution >= 4 is 11.8 Å². The molecule has 0 saturated heterocycles. The predicted octanol–water partition coefficient (Wildman–Crippen LogP) is 4.49. The summed E-state index contributed by atoms with van der Waals surface area (Å²) in [6.45, 7) is 0.773. The van der Waals surface area contributed by atoms with Crippen molar-refractivity contribution in [2.75, 3.05) is 0 Å². The summed E-state index contributed by atoms with van der Waals surface area (Å²) in [4.78, 5) is 28.2. The minimum Gasteiger partial charge on any atom is -0.350 e. The van der Waals surface area contributed by atoms with Gasteiger partial charge < -0.3 is 14.8 Å². The van der Waals surface area contributed by atoms with Gasteiger partial charge in [-0.2, -0.15) is 0 Å². The molecule has 1 aromatic heterocycles. The van der Waals surface area contributed by atoms with Crippen LogP contribution in [0, 0.1) is 0 Å². The van der Waals surface area contributed by atoms with Crippen molar-refractivity contribution in [3.8, 4) is 5.69 Å². The molecule has 5 nitrogen and oxygen atoms in total. The summed E-state index contributed by atoms with van der Waals surface area (Å²) in [6.07, 6.45) is 3.96. The number of carbonyl (C=O) groups is 2. The third kappa shape index (κ3) is 3.81. The zero-order valence-corrected chi connectivity index (χ0v) is 17.5. The molecule has 0 fully saturated rings. The quantitative estimate of drug-likeness (QED) is 0.499. The van der Waals surface area contributed by atoms with Crippen molar-refractivity contribution in [3.05, 3.63) is 126 Å². The first-order valence-corrected chi connectivity index (χ1v) is 10.6. The highest BCUT2D eigenvalue weighted by Gasteiger charge is 2.40. The van der Waals surface area contributed by atoms with Gasteiger partial charge in [-0.05, 0) is 47.0 Å². The number of nitrogens with one attached hydrogen (secondary N) is 1. The molecule has 2 heterocycles. The van der Waals surface area contributed by atoms with Crippen molar-refractivity contribution in [2.24, 2.45) is 0 Å². The second kappa shape index (κ2) is 8.55. The Morgan fingerprint density at radius 2 is 1.53 bits per heavy atom. The van der Waals surface area contributed by atoms with Crippen LogP contribution in [0.15, 0.2) is 103 Å². The monoisotopic (exact) mass is 421 g/mol. The number of fused-ring (bicyclic) bond motifs is 1. The molecule has 1 N–H and O–H groups in total. The lowest BCUT2D eigenvalue weighted by Crippen LogP contribution is -2.38. The van der Waals surface area contributed by atoms with Gasteiger partial charge in [0.15, 0.2) is 0 Å². The lowest BCUT2D eigenvalue weighted by atomic mass is 10.0. The van der Waals surface area contributed by atoms with Crippen LogP contribution in [-0.4, -0.2) is 21.3 Å². The number of amides is 2. The van der Waals surface area contributed by atoms with Gasteiger partial charge in [-0.1, -0.05) is 60.7 Å². The van der Waals surface area contributed by atoms with Crippen LogP contribution in [0.1, 0.15) is 33.1 Å². The molecular weight excluding hydrogens is 398 g/mol. The minimum atomic E-state index is -0.655. The van der Waals surface area contributed by atoms with Crippen LogP contribution in [0.4, 0.5) is 0 Å². The average molecular weight is 422 g/mol. The summed E-state index contributed by atoms with van der Waals surface area (Å²) in [6, 6.07) is 28.5. The number of benzene rings is 3. The van der Waals surface area contributed by atoms with E-state index in [-0.39, 0.29) is 11.8 Å². The second-order valence-electron chi connectivity index (χ2n) is 7.89. The molecule has 3 aromatic carbocycles. The molecular formula is C27H23N3O2. The van der Waals surface area contributed by atoms with E-state index in [1.807, 2.05) is 95.8 Å². The van der Waals surface area contributed by atoms with E-state index in [1.165, 1.54) is 0 Å². The van der Waals surface area contributed by atoms with Crippen LogP contribution >= 0.6 is 0 Å². The summed E-state index contributed by atoms with van der Waals surface area (Å²) in [7, 11) is 0. The molecule has 158 valence electrons. The minimum absolute atomic E-state index is 0.119. The Morgan fingerprint density at radius 3 is 2.34 bits per heavy atom. The Balaban J connectivity index is 1.42. The Hall–Kier alpha value is -4.12. The lowest BCUT2D eigenvalue weighted by Gasteiger charge is -2.25. The third-order valence-corrected chi connectivity index (χ3v) is 5.78. The van der Waals surface area contributed by atoms with Gasteiger partial charge in [-0.3, -0.25) is 9.59 Å². The Bertz CT molecular complexity index is 1250. The number of nitrogens with zero attached hydrogens (tertiary/aromatic N) is 2. The SMILES string of the molecule is O=C(NCc1ccccc1)C1c2ccccc2C(=O)N1Cc1cccc(-n2cccc2)c1. The van der Waals surface area contributed by atoms with Crippen molar-refractivity contribution in [2.45, 2.75) is 19.1 Å². The molecule has 5 heteroatoms. The topological polar surface area (TPSA) is 54.3 Å². The van der Waals surface area contributed by atoms with Crippen LogP contribution in [-0.2, 0) is 17.9 Å².